The van der Waals surface area contributed by atoms with Crippen molar-refractivity contribution in [2.45, 2.75) is 19.7 Å². The number of aliphatic carboxylic acids is 1. The van der Waals surface area contributed by atoms with Gasteiger partial charge in [0.1, 0.15) is 18.1 Å². The van der Waals surface area contributed by atoms with Crippen molar-refractivity contribution in [3.8, 4) is 5.75 Å². The standard InChI is InChI=1S/C19H15F3N2O6/c1-11(25)23-16(18(26)27)8-12-2-6-15(7-3-12)30-10-13-4-5-14(19(20,21)22)9-17(13)24(28)29/h2-9H,10H2,1H3,(H,23,25)(H,26,27)/b16-8+. The van der Waals surface area contributed by atoms with E-state index < -0.39 is 34.2 Å². The van der Waals surface area contributed by atoms with Crippen LogP contribution in [-0.2, 0) is 22.4 Å². The Kier molecular flexibility index (Phi) is 6.77. The number of nitrogens with one attached hydrogen (secondary N) is 1. The van der Waals surface area contributed by atoms with E-state index in [0.29, 0.717) is 11.6 Å². The fourth-order valence-corrected chi connectivity index (χ4v) is 2.36. The molecular formula is C19H15F3N2O6. The second-order valence-corrected chi connectivity index (χ2v) is 6.00. The van der Waals surface area contributed by atoms with Crippen molar-refractivity contribution in [1.29, 1.82) is 0 Å². The first-order valence-corrected chi connectivity index (χ1v) is 8.27. The number of carboxylic acid groups (broad SMARTS) is 1. The van der Waals surface area contributed by atoms with Crippen molar-refractivity contribution in [2.75, 3.05) is 0 Å². The first-order chi connectivity index (χ1) is 14.0. The monoisotopic (exact) mass is 424 g/mol. The third-order valence-corrected chi connectivity index (χ3v) is 3.74. The fourth-order valence-electron chi connectivity index (χ4n) is 2.36. The Morgan fingerprint density at radius 1 is 1.20 bits per heavy atom. The molecule has 0 aliphatic rings. The number of hydrogen-bond acceptors (Lipinski definition) is 5. The Labute approximate surface area is 167 Å². The quantitative estimate of drug-likeness (QED) is 0.397. The molecule has 0 saturated heterocycles. The van der Waals surface area contributed by atoms with E-state index in [0.717, 1.165) is 19.1 Å². The molecule has 2 aromatic carbocycles. The molecule has 2 aromatic rings. The molecule has 30 heavy (non-hydrogen) atoms. The molecule has 0 aliphatic carbocycles. The maximum atomic E-state index is 12.7. The molecule has 0 saturated carbocycles. The van der Waals surface area contributed by atoms with Gasteiger partial charge in [-0.15, -0.1) is 0 Å². The van der Waals surface area contributed by atoms with Crippen LogP contribution >= 0.6 is 0 Å². The number of amides is 1. The number of alkyl halides is 3. The summed E-state index contributed by atoms with van der Waals surface area (Å²) in [6, 6.07) is 7.98. The van der Waals surface area contributed by atoms with Gasteiger partial charge in [0.15, 0.2) is 0 Å². The lowest BCUT2D eigenvalue weighted by molar-refractivity contribution is -0.386. The number of halogens is 3. The van der Waals surface area contributed by atoms with Gasteiger partial charge in [-0.25, -0.2) is 4.79 Å². The maximum absolute atomic E-state index is 12.7. The predicted molar refractivity (Wildman–Crippen MR) is 98.3 cm³/mol. The molecule has 8 nitrogen and oxygen atoms in total. The third kappa shape index (κ3) is 6.06. The predicted octanol–water partition coefficient (Wildman–Crippen LogP) is 3.75. The van der Waals surface area contributed by atoms with Gasteiger partial charge in [0.05, 0.1) is 16.1 Å². The zero-order valence-corrected chi connectivity index (χ0v) is 15.4. The smallest absolute Gasteiger partial charge is 0.416 e. The van der Waals surface area contributed by atoms with Crippen LogP contribution in [0.2, 0.25) is 0 Å². The summed E-state index contributed by atoms with van der Waals surface area (Å²) in [5.74, 6) is -1.64. The van der Waals surface area contributed by atoms with E-state index in [2.05, 4.69) is 5.32 Å². The number of carbonyl (C=O) groups excluding carboxylic acids is 1. The molecule has 0 aliphatic heterocycles. The minimum atomic E-state index is -4.71. The number of rotatable bonds is 7. The summed E-state index contributed by atoms with van der Waals surface area (Å²) < 4.78 is 43.6. The molecule has 0 heterocycles. The molecule has 1 amide bonds. The zero-order valence-electron chi connectivity index (χ0n) is 15.4. The molecule has 2 N–H and O–H groups in total. The number of ether oxygens (including phenoxy) is 1. The summed E-state index contributed by atoms with van der Waals surface area (Å²) in [4.78, 5) is 32.3. The fraction of sp³-hybridized carbons (Fsp3) is 0.158. The molecule has 0 spiro atoms. The Hall–Kier alpha value is -3.89. The van der Waals surface area contributed by atoms with Gasteiger partial charge in [-0.1, -0.05) is 12.1 Å². The Bertz CT molecular complexity index is 1000. The molecular weight excluding hydrogens is 409 g/mol. The van der Waals surface area contributed by atoms with E-state index in [9.17, 15) is 32.9 Å². The second-order valence-electron chi connectivity index (χ2n) is 6.00. The lowest BCUT2D eigenvalue weighted by Gasteiger charge is -2.10. The van der Waals surface area contributed by atoms with E-state index in [-0.39, 0.29) is 23.6 Å². The number of carbonyl (C=O) groups is 2. The minimum Gasteiger partial charge on any atom is -0.489 e. The van der Waals surface area contributed by atoms with Gasteiger partial charge in [0.25, 0.3) is 5.69 Å². The second kappa shape index (κ2) is 9.07. The highest BCUT2D eigenvalue weighted by Gasteiger charge is 2.33. The Balaban J connectivity index is 2.16. The molecule has 0 bridgehead atoms. The molecule has 2 rings (SSSR count). The lowest BCUT2D eigenvalue weighted by Crippen LogP contribution is -2.24. The summed E-state index contributed by atoms with van der Waals surface area (Å²) in [7, 11) is 0. The van der Waals surface area contributed by atoms with Crippen LogP contribution in [0, 0.1) is 10.1 Å². The summed E-state index contributed by atoms with van der Waals surface area (Å²) in [5, 5.41) is 22.3. The van der Waals surface area contributed by atoms with Crippen molar-refractivity contribution in [3.05, 3.63) is 75.0 Å². The first kappa shape index (κ1) is 22.4. The highest BCUT2D eigenvalue weighted by Crippen LogP contribution is 2.33. The number of benzene rings is 2. The van der Waals surface area contributed by atoms with Gasteiger partial charge in [0.2, 0.25) is 5.91 Å². The van der Waals surface area contributed by atoms with Crippen molar-refractivity contribution >= 4 is 23.6 Å². The number of nitrogens with zero attached hydrogens (tertiary/aromatic N) is 1. The van der Waals surface area contributed by atoms with E-state index in [1.807, 2.05) is 0 Å². The van der Waals surface area contributed by atoms with Crippen LogP contribution in [-0.4, -0.2) is 21.9 Å². The van der Waals surface area contributed by atoms with E-state index in [1.165, 1.54) is 30.3 Å². The highest BCUT2D eigenvalue weighted by atomic mass is 19.4. The summed E-state index contributed by atoms with van der Waals surface area (Å²) >= 11 is 0. The van der Waals surface area contributed by atoms with Gasteiger partial charge in [-0.3, -0.25) is 14.9 Å². The van der Waals surface area contributed by atoms with Crippen LogP contribution < -0.4 is 10.1 Å². The molecule has 0 aromatic heterocycles. The van der Waals surface area contributed by atoms with Crippen molar-refractivity contribution in [1.82, 2.24) is 5.32 Å². The van der Waals surface area contributed by atoms with Crippen LogP contribution in [0.15, 0.2) is 48.2 Å². The highest BCUT2D eigenvalue weighted by molar-refractivity contribution is 5.96. The molecule has 11 heteroatoms. The van der Waals surface area contributed by atoms with Crippen LogP contribution in [0.4, 0.5) is 18.9 Å². The minimum absolute atomic E-state index is 0.0456. The van der Waals surface area contributed by atoms with E-state index in [1.54, 1.807) is 0 Å². The van der Waals surface area contributed by atoms with Crippen molar-refractivity contribution in [3.63, 3.8) is 0 Å². The van der Waals surface area contributed by atoms with Crippen LogP contribution in [0.5, 0.6) is 5.75 Å². The first-order valence-electron chi connectivity index (χ1n) is 8.27. The Morgan fingerprint density at radius 2 is 1.83 bits per heavy atom. The summed E-state index contributed by atoms with van der Waals surface area (Å²) in [6.07, 6.45) is -3.49. The Morgan fingerprint density at radius 3 is 2.33 bits per heavy atom. The van der Waals surface area contributed by atoms with Crippen LogP contribution in [0.1, 0.15) is 23.6 Å². The maximum Gasteiger partial charge on any atom is 0.416 e. The van der Waals surface area contributed by atoms with E-state index >= 15 is 0 Å². The normalized spacial score (nSPS) is 11.7. The number of nitro benzene ring substituents is 1. The average molecular weight is 424 g/mol. The number of nitro groups is 1. The molecule has 0 atom stereocenters. The van der Waals surface area contributed by atoms with Crippen LogP contribution in [0.3, 0.4) is 0 Å². The topological polar surface area (TPSA) is 119 Å². The molecule has 158 valence electrons. The van der Waals surface area contributed by atoms with Gasteiger partial charge in [0, 0.05) is 13.0 Å². The lowest BCUT2D eigenvalue weighted by atomic mass is 10.1. The van der Waals surface area contributed by atoms with Crippen molar-refractivity contribution in [2.24, 2.45) is 0 Å². The molecule has 0 radical (unpaired) electrons. The average Bonchev–Trinajstić information content (AvgIpc) is 2.65. The van der Waals surface area contributed by atoms with E-state index in [4.69, 9.17) is 9.84 Å². The zero-order chi connectivity index (χ0) is 22.5. The molecule has 0 fully saturated rings. The van der Waals surface area contributed by atoms with Gasteiger partial charge >= 0.3 is 12.1 Å². The van der Waals surface area contributed by atoms with Gasteiger partial charge < -0.3 is 15.2 Å². The largest absolute Gasteiger partial charge is 0.489 e. The SMILES string of the molecule is CC(=O)N/C(=C/c1ccc(OCc2ccc(C(F)(F)F)cc2[N+](=O)[O-])cc1)C(=O)O. The third-order valence-electron chi connectivity index (χ3n) is 3.74. The number of carboxylic acids is 1. The number of hydrogen-bond donors (Lipinski definition) is 2. The van der Waals surface area contributed by atoms with Gasteiger partial charge in [-0.2, -0.15) is 13.2 Å². The molecule has 0 unspecified atom stereocenters. The summed E-state index contributed by atoms with van der Waals surface area (Å²) in [6.45, 7) is 0.810. The van der Waals surface area contributed by atoms with Gasteiger partial charge in [-0.05, 0) is 35.9 Å². The van der Waals surface area contributed by atoms with Crippen LogP contribution in [0.25, 0.3) is 6.08 Å². The summed E-state index contributed by atoms with van der Waals surface area (Å²) in [5.41, 5.74) is -1.81. The van der Waals surface area contributed by atoms with Crippen molar-refractivity contribution < 1.29 is 37.5 Å².